The van der Waals surface area contributed by atoms with Crippen LogP contribution in [0.5, 0.6) is 0 Å². The molecule has 0 radical (unpaired) electrons. The van der Waals surface area contributed by atoms with E-state index in [0.29, 0.717) is 36.8 Å². The van der Waals surface area contributed by atoms with E-state index in [0.717, 1.165) is 4.90 Å². The van der Waals surface area contributed by atoms with Gasteiger partial charge in [-0.1, -0.05) is 11.6 Å². The number of fused-ring (bicyclic) bond motifs is 1. The molecular weight excluding hydrogens is 380 g/mol. The maximum absolute atomic E-state index is 12.3. The van der Waals surface area contributed by atoms with Gasteiger partial charge in [0.1, 0.15) is 0 Å². The molecule has 0 aliphatic carbocycles. The third-order valence-electron chi connectivity index (χ3n) is 4.66. The molecule has 7 nitrogen and oxygen atoms in total. The van der Waals surface area contributed by atoms with Crippen LogP contribution in [0.3, 0.4) is 0 Å². The number of ether oxygens (including phenoxy) is 1. The van der Waals surface area contributed by atoms with Crippen LogP contribution in [0, 0.1) is 5.41 Å². The van der Waals surface area contributed by atoms with Crippen molar-refractivity contribution in [1.82, 2.24) is 5.32 Å². The lowest BCUT2D eigenvalue weighted by atomic mass is 9.80. The molecule has 1 unspecified atom stereocenters. The molecule has 0 spiro atoms. The number of nitrogens with one attached hydrogen (secondary N) is 2. The van der Waals surface area contributed by atoms with E-state index in [9.17, 15) is 19.5 Å². The quantitative estimate of drug-likeness (QED) is 0.701. The van der Waals surface area contributed by atoms with Crippen molar-refractivity contribution < 1.29 is 24.2 Å². The Hall–Kier alpha value is -1.77. The molecule has 1 atom stereocenters. The van der Waals surface area contributed by atoms with Gasteiger partial charge in [-0.05, 0) is 31.0 Å². The molecule has 0 aromatic heterocycles. The minimum atomic E-state index is -1.00. The Labute approximate surface area is 159 Å². The van der Waals surface area contributed by atoms with Gasteiger partial charge in [0, 0.05) is 36.1 Å². The van der Waals surface area contributed by atoms with Crippen molar-refractivity contribution in [2.75, 3.05) is 25.1 Å². The van der Waals surface area contributed by atoms with Gasteiger partial charge >= 0.3 is 5.97 Å². The summed E-state index contributed by atoms with van der Waals surface area (Å²) in [6, 6.07) is 5.19. The number of thioether (sulfide) groups is 1. The summed E-state index contributed by atoms with van der Waals surface area (Å²) >= 11 is 7.22. The third-order valence-corrected chi connectivity index (χ3v) is 6.17. The zero-order valence-electron chi connectivity index (χ0n) is 13.9. The minimum absolute atomic E-state index is 0.0231. The maximum atomic E-state index is 12.3. The van der Waals surface area contributed by atoms with Crippen LogP contribution in [0.2, 0.25) is 5.02 Å². The van der Waals surface area contributed by atoms with Crippen LogP contribution in [0.4, 0.5) is 5.69 Å². The molecule has 1 saturated heterocycles. The lowest BCUT2D eigenvalue weighted by molar-refractivity contribution is -0.154. The first-order valence-electron chi connectivity index (χ1n) is 8.24. The zero-order chi connectivity index (χ0) is 18.7. The molecule has 26 heavy (non-hydrogen) atoms. The number of rotatable bonds is 5. The van der Waals surface area contributed by atoms with E-state index >= 15 is 0 Å². The first-order chi connectivity index (χ1) is 12.4. The summed E-state index contributed by atoms with van der Waals surface area (Å²) in [7, 11) is 0. The van der Waals surface area contributed by atoms with Gasteiger partial charge in [0.15, 0.2) is 0 Å². The molecule has 9 heteroatoms. The van der Waals surface area contributed by atoms with Gasteiger partial charge in [0.2, 0.25) is 11.8 Å². The molecule has 3 N–H and O–H groups in total. The Balaban J connectivity index is 1.59. The number of hydrogen-bond acceptors (Lipinski definition) is 5. The monoisotopic (exact) mass is 398 g/mol. The van der Waals surface area contributed by atoms with Gasteiger partial charge in [-0.25, -0.2) is 0 Å². The SMILES string of the molecule is O=C(CC1Sc2ccc(Cl)cc2NC1=O)NCC1(C(=O)O)CCOCC1. The average Bonchev–Trinajstić information content (AvgIpc) is 2.61. The van der Waals surface area contributed by atoms with Crippen LogP contribution in [-0.2, 0) is 19.1 Å². The third kappa shape index (κ3) is 4.13. The lowest BCUT2D eigenvalue weighted by Gasteiger charge is -2.33. The van der Waals surface area contributed by atoms with Crippen LogP contribution in [0.1, 0.15) is 19.3 Å². The molecule has 2 aliphatic rings. The van der Waals surface area contributed by atoms with Gasteiger partial charge in [-0.3, -0.25) is 14.4 Å². The van der Waals surface area contributed by atoms with E-state index in [4.69, 9.17) is 16.3 Å². The van der Waals surface area contributed by atoms with E-state index in [1.165, 1.54) is 11.8 Å². The minimum Gasteiger partial charge on any atom is -0.481 e. The molecular formula is C17H19ClN2O5S. The average molecular weight is 399 g/mol. The van der Waals surface area contributed by atoms with Gasteiger partial charge in [0.05, 0.1) is 16.4 Å². The van der Waals surface area contributed by atoms with Crippen LogP contribution >= 0.6 is 23.4 Å². The smallest absolute Gasteiger partial charge is 0.311 e. The number of carbonyl (C=O) groups excluding carboxylic acids is 2. The second-order valence-electron chi connectivity index (χ2n) is 6.41. The number of halogens is 1. The topological polar surface area (TPSA) is 105 Å². The zero-order valence-corrected chi connectivity index (χ0v) is 15.5. The van der Waals surface area contributed by atoms with E-state index in [-0.39, 0.29) is 24.8 Å². The normalized spacial score (nSPS) is 21.4. The largest absolute Gasteiger partial charge is 0.481 e. The molecule has 2 amide bonds. The van der Waals surface area contributed by atoms with Crippen LogP contribution in [0.15, 0.2) is 23.1 Å². The van der Waals surface area contributed by atoms with Crippen LogP contribution in [0.25, 0.3) is 0 Å². The molecule has 0 bridgehead atoms. The Morgan fingerprint density at radius 1 is 1.38 bits per heavy atom. The summed E-state index contributed by atoms with van der Waals surface area (Å²) in [5.41, 5.74) is -0.365. The predicted octanol–water partition coefficient (Wildman–Crippen LogP) is 2.14. The Bertz CT molecular complexity index is 736. The highest BCUT2D eigenvalue weighted by atomic mass is 35.5. The number of carboxylic acid groups (broad SMARTS) is 1. The summed E-state index contributed by atoms with van der Waals surface area (Å²) in [5.74, 6) is -1.54. The first kappa shape index (κ1) is 19.0. The Morgan fingerprint density at radius 2 is 2.12 bits per heavy atom. The fraction of sp³-hybridized carbons (Fsp3) is 0.471. The fourth-order valence-corrected chi connectivity index (χ4v) is 4.26. The molecule has 1 aromatic carbocycles. The number of carbonyl (C=O) groups is 3. The van der Waals surface area contributed by atoms with Gasteiger partial charge in [-0.15, -0.1) is 11.8 Å². The number of hydrogen-bond donors (Lipinski definition) is 3. The van der Waals surface area contributed by atoms with Crippen LogP contribution in [-0.4, -0.2) is 47.9 Å². The summed E-state index contributed by atoms with van der Waals surface area (Å²) in [4.78, 5) is 37.0. The number of amides is 2. The second-order valence-corrected chi connectivity index (χ2v) is 8.10. The summed E-state index contributed by atoms with van der Waals surface area (Å²) in [5, 5.41) is 14.9. The molecule has 1 aromatic rings. The van der Waals surface area contributed by atoms with Gasteiger partial charge < -0.3 is 20.5 Å². The number of benzene rings is 1. The molecule has 140 valence electrons. The summed E-state index contributed by atoms with van der Waals surface area (Å²) < 4.78 is 5.22. The number of carboxylic acids is 1. The van der Waals surface area contributed by atoms with E-state index < -0.39 is 16.6 Å². The fourth-order valence-electron chi connectivity index (χ4n) is 2.99. The second kappa shape index (κ2) is 7.85. The van der Waals surface area contributed by atoms with Gasteiger partial charge in [0.25, 0.3) is 0 Å². The molecule has 0 saturated carbocycles. The van der Waals surface area contributed by atoms with E-state index in [1.54, 1.807) is 18.2 Å². The highest BCUT2D eigenvalue weighted by Crippen LogP contribution is 2.38. The summed E-state index contributed by atoms with van der Waals surface area (Å²) in [6.45, 7) is 0.764. The first-order valence-corrected chi connectivity index (χ1v) is 9.50. The van der Waals surface area contributed by atoms with Crippen molar-refractivity contribution >= 4 is 46.8 Å². The Morgan fingerprint density at radius 3 is 2.81 bits per heavy atom. The summed E-state index contributed by atoms with van der Waals surface area (Å²) in [6.07, 6.45) is 0.690. The standard InChI is InChI=1S/C17H19ClN2O5S/c18-10-1-2-12-11(7-10)20-15(22)13(26-12)8-14(21)19-9-17(16(23)24)3-5-25-6-4-17/h1-2,7,13H,3-6,8-9H2,(H,19,21)(H,20,22)(H,23,24). The highest BCUT2D eigenvalue weighted by molar-refractivity contribution is 8.01. The van der Waals surface area contributed by atoms with Crippen molar-refractivity contribution in [3.05, 3.63) is 23.2 Å². The Kier molecular flexibility index (Phi) is 5.74. The highest BCUT2D eigenvalue weighted by Gasteiger charge is 2.40. The van der Waals surface area contributed by atoms with Crippen molar-refractivity contribution in [3.63, 3.8) is 0 Å². The molecule has 3 rings (SSSR count). The molecule has 1 fully saturated rings. The number of aliphatic carboxylic acids is 1. The van der Waals surface area contributed by atoms with Crippen molar-refractivity contribution in [2.24, 2.45) is 5.41 Å². The van der Waals surface area contributed by atoms with Crippen molar-refractivity contribution in [3.8, 4) is 0 Å². The molecule has 2 aliphatic heterocycles. The van der Waals surface area contributed by atoms with E-state index in [2.05, 4.69) is 10.6 Å². The van der Waals surface area contributed by atoms with Crippen molar-refractivity contribution in [2.45, 2.75) is 29.4 Å². The molecule has 2 heterocycles. The van der Waals surface area contributed by atoms with Crippen molar-refractivity contribution in [1.29, 1.82) is 0 Å². The maximum Gasteiger partial charge on any atom is 0.311 e. The lowest BCUT2D eigenvalue weighted by Crippen LogP contribution is -2.47. The van der Waals surface area contributed by atoms with Crippen LogP contribution < -0.4 is 10.6 Å². The number of anilines is 1. The van der Waals surface area contributed by atoms with Gasteiger partial charge in [-0.2, -0.15) is 0 Å². The van der Waals surface area contributed by atoms with E-state index in [1.807, 2.05) is 0 Å². The predicted molar refractivity (Wildman–Crippen MR) is 97.5 cm³/mol.